The Hall–Kier alpha value is -5.84. The van der Waals surface area contributed by atoms with Crippen molar-refractivity contribution in [2.24, 2.45) is 0 Å². The minimum atomic E-state index is -0.636. The lowest BCUT2D eigenvalue weighted by Crippen LogP contribution is -2.54. The fourth-order valence-electron chi connectivity index (χ4n) is 10.6. The number of carbonyl (C=O) groups excluding carboxylic acids is 5. The number of amides is 4. The molecule has 3 fully saturated rings. The number of hydrogen-bond acceptors (Lipinski definition) is 8. The first kappa shape index (κ1) is 40.6. The minimum absolute atomic E-state index is 0.0240. The van der Waals surface area contributed by atoms with Gasteiger partial charge in [-0.3, -0.25) is 39.1 Å². The number of aromatic nitrogens is 1. The van der Waals surface area contributed by atoms with E-state index in [1.54, 1.807) is 17.0 Å². The summed E-state index contributed by atoms with van der Waals surface area (Å²) in [5, 5.41) is 6.34. The van der Waals surface area contributed by atoms with Gasteiger partial charge in [-0.05, 0) is 85.0 Å². The molecule has 61 heavy (non-hydrogen) atoms. The van der Waals surface area contributed by atoms with E-state index in [1.165, 1.54) is 11.3 Å². The Bertz CT molecular complexity index is 2500. The number of anilines is 1. The summed E-state index contributed by atoms with van der Waals surface area (Å²) in [7, 11) is 0. The van der Waals surface area contributed by atoms with Gasteiger partial charge in [-0.15, -0.1) is 0 Å². The number of piperazine rings is 1. The molecule has 5 aliphatic rings. The molecule has 1 aromatic heterocycles. The van der Waals surface area contributed by atoms with E-state index in [2.05, 4.69) is 68.1 Å². The highest BCUT2D eigenvalue weighted by atomic mass is 16.2. The fraction of sp³-hybridized carbons (Fsp3) is 0.458. The van der Waals surface area contributed by atoms with Crippen molar-refractivity contribution in [3.05, 3.63) is 105 Å². The van der Waals surface area contributed by atoms with Crippen LogP contribution in [0.4, 0.5) is 11.4 Å². The molecule has 1 atom stereocenters. The van der Waals surface area contributed by atoms with Crippen molar-refractivity contribution in [3.8, 4) is 0 Å². The van der Waals surface area contributed by atoms with Gasteiger partial charge in [0.1, 0.15) is 6.04 Å². The van der Waals surface area contributed by atoms with Crippen LogP contribution < -0.4 is 15.5 Å². The molecule has 5 heterocycles. The number of benzene rings is 3. The van der Waals surface area contributed by atoms with E-state index in [1.807, 2.05) is 24.3 Å². The Morgan fingerprint density at radius 3 is 2.46 bits per heavy atom. The highest BCUT2D eigenvalue weighted by molar-refractivity contribution is 6.20. The van der Waals surface area contributed by atoms with Gasteiger partial charge in [-0.1, -0.05) is 45.0 Å². The number of ketones is 1. The highest BCUT2D eigenvalue weighted by Gasteiger charge is 2.42. The highest BCUT2D eigenvalue weighted by Crippen LogP contribution is 2.46. The predicted molar refractivity (Wildman–Crippen MR) is 233 cm³/mol. The molecule has 4 aliphatic heterocycles. The zero-order valence-corrected chi connectivity index (χ0v) is 35.4. The maximum absolute atomic E-state index is 14.1. The second-order valence-electron chi connectivity index (χ2n) is 17.9. The summed E-state index contributed by atoms with van der Waals surface area (Å²) >= 11 is 0. The number of fused-ring (bicyclic) bond motifs is 5. The normalized spacial score (nSPS) is 20.7. The first-order valence-electron chi connectivity index (χ1n) is 21.9. The lowest BCUT2D eigenvalue weighted by Gasteiger charge is -2.44. The monoisotopic (exact) mass is 822 g/mol. The smallest absolute Gasteiger partial charge is 0.255 e. The zero-order valence-electron chi connectivity index (χ0n) is 35.4. The Kier molecular flexibility index (Phi) is 10.8. The van der Waals surface area contributed by atoms with Crippen LogP contribution in [0.25, 0.3) is 15.7 Å². The van der Waals surface area contributed by atoms with E-state index >= 15 is 0 Å². The first-order chi connectivity index (χ1) is 29.4. The van der Waals surface area contributed by atoms with E-state index in [4.69, 9.17) is 6.57 Å². The summed E-state index contributed by atoms with van der Waals surface area (Å²) in [5.74, 6) is -0.804. The van der Waals surface area contributed by atoms with E-state index in [0.717, 1.165) is 109 Å². The van der Waals surface area contributed by atoms with Crippen molar-refractivity contribution in [1.29, 1.82) is 0 Å². The van der Waals surface area contributed by atoms with Gasteiger partial charge in [0.05, 0.1) is 18.7 Å². The van der Waals surface area contributed by atoms with Crippen LogP contribution in [-0.4, -0.2) is 114 Å². The molecule has 0 spiro atoms. The largest absolute Gasteiger partial charge is 0.371 e. The van der Waals surface area contributed by atoms with Gasteiger partial charge in [0.25, 0.3) is 5.91 Å². The number of nitrogens with one attached hydrogen (secondary N) is 3. The van der Waals surface area contributed by atoms with Crippen LogP contribution in [0.5, 0.6) is 0 Å². The first-order valence-corrected chi connectivity index (χ1v) is 21.9. The number of rotatable bonds is 10. The Morgan fingerprint density at radius 1 is 0.934 bits per heavy atom. The van der Waals surface area contributed by atoms with Crippen molar-refractivity contribution in [2.45, 2.75) is 89.8 Å². The van der Waals surface area contributed by atoms with Gasteiger partial charge in [0.2, 0.25) is 17.7 Å². The fourth-order valence-corrected chi connectivity index (χ4v) is 10.6. The molecule has 1 unspecified atom stereocenters. The average Bonchev–Trinajstić information content (AvgIpc) is 3.83. The van der Waals surface area contributed by atoms with Crippen LogP contribution in [0.1, 0.15) is 107 Å². The van der Waals surface area contributed by atoms with E-state index < -0.39 is 17.4 Å². The van der Waals surface area contributed by atoms with E-state index in [9.17, 15) is 24.0 Å². The van der Waals surface area contributed by atoms with Gasteiger partial charge in [-0.25, -0.2) is 4.85 Å². The van der Waals surface area contributed by atoms with Crippen LogP contribution >= 0.6 is 0 Å². The maximum Gasteiger partial charge on any atom is 0.255 e. The van der Waals surface area contributed by atoms with Gasteiger partial charge in [0, 0.05) is 104 Å². The average molecular weight is 823 g/mol. The van der Waals surface area contributed by atoms with Crippen LogP contribution in [0, 0.1) is 6.57 Å². The molecule has 1 aliphatic carbocycles. The molecule has 0 saturated carbocycles. The Morgan fingerprint density at radius 2 is 1.72 bits per heavy atom. The second-order valence-corrected chi connectivity index (χ2v) is 17.9. The van der Waals surface area contributed by atoms with Crippen molar-refractivity contribution >= 4 is 51.7 Å². The van der Waals surface area contributed by atoms with Crippen LogP contribution in [0.15, 0.2) is 48.5 Å². The molecular weight excluding hydrogens is 769 g/mol. The summed E-state index contributed by atoms with van der Waals surface area (Å²) in [6.07, 6.45) is 4.97. The quantitative estimate of drug-likeness (QED) is 0.112. The van der Waals surface area contributed by atoms with Gasteiger partial charge < -0.3 is 20.1 Å². The Balaban J connectivity index is 0.745. The third-order valence-corrected chi connectivity index (χ3v) is 14.0. The molecular formula is C48H54N8O5. The molecule has 13 nitrogen and oxygen atoms in total. The number of hydrogen-bond donors (Lipinski definition) is 3. The number of carbonyl (C=O) groups is 5. The molecule has 9 rings (SSSR count). The lowest BCUT2D eigenvalue weighted by atomic mass is 9.70. The summed E-state index contributed by atoms with van der Waals surface area (Å²) in [6.45, 7) is 20.8. The second kappa shape index (κ2) is 16.2. The molecule has 0 radical (unpaired) electrons. The molecule has 3 aromatic carbocycles. The summed E-state index contributed by atoms with van der Waals surface area (Å²) in [6, 6.07) is 15.5. The van der Waals surface area contributed by atoms with Crippen molar-refractivity contribution < 1.29 is 24.0 Å². The molecule has 316 valence electrons. The number of nitrogens with zero attached hydrogens (tertiary/aromatic N) is 5. The molecule has 3 saturated heterocycles. The van der Waals surface area contributed by atoms with Crippen molar-refractivity contribution in [2.75, 3.05) is 57.3 Å². The van der Waals surface area contributed by atoms with E-state index in [-0.39, 0.29) is 29.9 Å². The van der Waals surface area contributed by atoms with Gasteiger partial charge in [0.15, 0.2) is 11.5 Å². The summed E-state index contributed by atoms with van der Waals surface area (Å²) in [4.78, 5) is 80.5. The van der Waals surface area contributed by atoms with Crippen LogP contribution in [0.3, 0.4) is 0 Å². The minimum Gasteiger partial charge on any atom is -0.371 e. The number of H-pyrrole nitrogens is 1. The topological polar surface area (TPSA) is 143 Å². The third kappa shape index (κ3) is 7.39. The van der Waals surface area contributed by atoms with Crippen molar-refractivity contribution in [3.63, 3.8) is 0 Å². The zero-order chi connectivity index (χ0) is 42.6. The van der Waals surface area contributed by atoms with E-state index in [0.29, 0.717) is 49.8 Å². The maximum atomic E-state index is 14.1. The van der Waals surface area contributed by atoms with Crippen molar-refractivity contribution in [1.82, 2.24) is 30.3 Å². The molecule has 4 amide bonds. The number of imide groups is 1. The summed E-state index contributed by atoms with van der Waals surface area (Å²) < 4.78 is 0. The third-order valence-electron chi connectivity index (χ3n) is 14.0. The molecule has 13 heteroatoms. The summed E-state index contributed by atoms with van der Waals surface area (Å²) in [5.41, 5.74) is 9.47. The molecule has 4 aromatic rings. The number of aromatic amines is 1. The standard InChI is InChI=1S/C48H54N8O5/c1-5-29-24-35-37(48(2,3)45-43(44(35)59)34-12-11-31(49-4)25-38(34)51-45)26-40(29)55-18-15-32(16-19-55)54-22-20-53(21-23-54)28-42(58)50-17-7-9-30-8-6-10-33-36(30)27-56(47(33)61)39-13-14-41(57)52-46(39)60/h6,8,10-12,24-26,32,39,51H,5,7,9,13-23,27-28H2,1-3H3,(H,50,58)(H,52,57,60). The Labute approximate surface area is 356 Å². The van der Waals surface area contributed by atoms with Crippen LogP contribution in [0.2, 0.25) is 0 Å². The molecule has 0 bridgehead atoms. The number of piperidine rings is 2. The van der Waals surface area contributed by atoms with Gasteiger partial charge >= 0.3 is 0 Å². The van der Waals surface area contributed by atoms with Gasteiger partial charge in [-0.2, -0.15) is 0 Å². The lowest BCUT2D eigenvalue weighted by molar-refractivity contribution is -0.137. The van der Waals surface area contributed by atoms with Crippen LogP contribution in [-0.2, 0) is 39.2 Å². The SMILES string of the molecule is [C-]#[N+]c1ccc2c3c([nH]c2c1)C(C)(C)c1cc(N2CCC(N4CCN(CC(=O)NCCCc5cccc6c5CN(C5CCC(=O)NC5=O)C6=O)CC4)CC2)c(CC)cc1C3=O. The number of aryl methyl sites for hydroxylation is 2. The molecule has 3 N–H and O–H groups in total. The predicted octanol–water partition coefficient (Wildman–Crippen LogP) is 5.25.